The molecule has 2 atom stereocenters. The Balaban J connectivity index is 0.000000781. The second-order valence-electron chi connectivity index (χ2n) is 5.59. The van der Waals surface area contributed by atoms with Crippen molar-refractivity contribution >= 4 is 39.8 Å². The zero-order valence-electron chi connectivity index (χ0n) is 11.9. The number of benzene rings is 2. The van der Waals surface area contributed by atoms with E-state index in [1.807, 2.05) is 11.8 Å². The van der Waals surface area contributed by atoms with E-state index in [0.29, 0.717) is 3.63 Å². The first-order valence-electron chi connectivity index (χ1n) is 7.06. The van der Waals surface area contributed by atoms with Gasteiger partial charge in [-0.3, -0.25) is 0 Å². The molecule has 114 valence electrons. The maximum Gasteiger partial charge on any atom is -1.00 e. The Morgan fingerprint density at radius 3 is 2.74 bits per heavy atom. The van der Waals surface area contributed by atoms with Crippen LogP contribution in [0.3, 0.4) is 0 Å². The number of fused-ring (bicyclic) bond motifs is 3. The van der Waals surface area contributed by atoms with Crippen molar-refractivity contribution in [2.75, 3.05) is 0 Å². The summed E-state index contributed by atoms with van der Waals surface area (Å²) in [5.41, 5.74) is 6.06. The van der Waals surface area contributed by atoms with E-state index in [-0.39, 0.29) is 24.8 Å². The Morgan fingerprint density at radius 2 is 1.87 bits per heavy atom. The third kappa shape index (κ3) is 2.77. The third-order valence-corrected chi connectivity index (χ3v) is 11.2. The van der Waals surface area contributed by atoms with Crippen LogP contribution in [0, 0.1) is 0 Å². The first-order chi connectivity index (χ1) is 10.3. The predicted octanol–water partition coefficient (Wildman–Crippen LogP) is -0.191. The molecule has 0 radical (unpaired) electrons. The van der Waals surface area contributed by atoms with Gasteiger partial charge in [0.05, 0.1) is 0 Å². The minimum atomic E-state index is -0.612. The molecule has 5 rings (SSSR count). The summed E-state index contributed by atoms with van der Waals surface area (Å²) in [6, 6.07) is 13.5. The molecule has 23 heavy (non-hydrogen) atoms. The predicted molar refractivity (Wildman–Crippen MR) is 88.9 cm³/mol. The number of thioether (sulfide) groups is 1. The first kappa shape index (κ1) is 18.0. The second kappa shape index (κ2) is 6.85. The molecule has 0 amide bonds. The molecule has 0 saturated carbocycles. The van der Waals surface area contributed by atoms with Crippen LogP contribution in [0.25, 0.3) is 12.2 Å². The fourth-order valence-corrected chi connectivity index (χ4v) is 10.8. The van der Waals surface area contributed by atoms with Gasteiger partial charge in [0.2, 0.25) is 0 Å². The van der Waals surface area contributed by atoms with Gasteiger partial charge in [-0.25, -0.2) is 0 Å². The molecule has 0 aromatic heterocycles. The Kier molecular flexibility index (Phi) is 5.36. The normalized spacial score (nSPS) is 21.3. The van der Waals surface area contributed by atoms with Gasteiger partial charge < -0.3 is 24.8 Å². The minimum Gasteiger partial charge on any atom is -1.00 e. The Labute approximate surface area is 172 Å². The zero-order chi connectivity index (χ0) is 14.0. The largest absolute Gasteiger partial charge is 1.00 e. The molecular weight excluding hydrogens is 490 g/mol. The van der Waals surface area contributed by atoms with E-state index >= 15 is 0 Å². The van der Waals surface area contributed by atoms with Crippen molar-refractivity contribution in [1.29, 1.82) is 0 Å². The first-order valence-corrected chi connectivity index (χ1v) is 11.5. The summed E-state index contributed by atoms with van der Waals surface area (Å²) >= 11 is 5.18. The Hall–Kier alpha value is 0.213. The Bertz CT molecular complexity index is 847. The van der Waals surface area contributed by atoms with E-state index in [0.717, 1.165) is 3.63 Å². The molecule has 3 aliphatic rings. The number of hydrogen-bond acceptors (Lipinski definition) is 1. The third-order valence-electron chi connectivity index (χ3n) is 4.42. The van der Waals surface area contributed by atoms with E-state index in [4.69, 9.17) is 0 Å². The molecule has 0 N–H and O–H groups in total. The maximum absolute atomic E-state index is 3.79. The zero-order valence-corrected chi connectivity index (χ0v) is 18.3. The molecule has 0 nitrogen and oxygen atoms in total. The molecule has 0 spiro atoms. The fourth-order valence-electron chi connectivity index (χ4n) is 3.46. The van der Waals surface area contributed by atoms with Gasteiger partial charge >= 0.3 is 149 Å². The molecule has 4 bridgehead atoms. The van der Waals surface area contributed by atoms with Crippen LogP contribution in [-0.4, -0.2) is 0 Å². The van der Waals surface area contributed by atoms with Crippen molar-refractivity contribution in [3.8, 4) is 0 Å². The van der Waals surface area contributed by atoms with Gasteiger partial charge in [0, 0.05) is 0 Å². The van der Waals surface area contributed by atoms with Gasteiger partial charge in [-0.1, -0.05) is 0 Å². The van der Waals surface area contributed by atoms with Crippen LogP contribution in [0.2, 0.25) is 0 Å². The van der Waals surface area contributed by atoms with E-state index in [1.54, 1.807) is 16.0 Å². The smallest absolute Gasteiger partial charge is 1.00 e. The standard InChI is InChI=1S/C18H11BrS.2ClH.Zr/c19-17-8-2-6-13-10-14(11-16(13)17)20-18-9-3-5-12-4-1-7-15(12)18;;;/h1-11H;2*1H;/q;;;+2/p-2. The van der Waals surface area contributed by atoms with Crippen molar-refractivity contribution in [2.24, 2.45) is 0 Å². The molecule has 2 aromatic carbocycles. The van der Waals surface area contributed by atoms with Gasteiger partial charge in [0.25, 0.3) is 0 Å². The van der Waals surface area contributed by atoms with Crippen LogP contribution < -0.4 is 24.8 Å². The summed E-state index contributed by atoms with van der Waals surface area (Å²) in [7, 11) is 0. The van der Waals surface area contributed by atoms with Crippen LogP contribution >= 0.6 is 27.7 Å². The fraction of sp³-hybridized carbons (Fsp3) is 0.111. The molecular formula is C18H11BrCl2SZr. The molecule has 5 heteroatoms. The van der Waals surface area contributed by atoms with Crippen LogP contribution in [0.5, 0.6) is 0 Å². The summed E-state index contributed by atoms with van der Waals surface area (Å²) in [6.45, 7) is 0. The van der Waals surface area contributed by atoms with Gasteiger partial charge in [-0.05, 0) is 0 Å². The molecule has 0 saturated heterocycles. The summed E-state index contributed by atoms with van der Waals surface area (Å²) < 4.78 is 2.73. The van der Waals surface area contributed by atoms with E-state index < -0.39 is 23.2 Å². The molecule has 0 fully saturated rings. The molecule has 2 aromatic rings. The van der Waals surface area contributed by atoms with E-state index in [9.17, 15) is 0 Å². The number of halogens is 3. The molecule has 1 heterocycles. The van der Waals surface area contributed by atoms with Crippen molar-refractivity contribution < 1.29 is 48.0 Å². The van der Waals surface area contributed by atoms with Gasteiger partial charge in [0.15, 0.2) is 0 Å². The Morgan fingerprint density at radius 1 is 1.04 bits per heavy atom. The summed E-state index contributed by atoms with van der Waals surface area (Å²) in [4.78, 5) is 3.01. The average Bonchev–Trinajstić information content (AvgIpc) is 3.04. The molecule has 2 aliphatic carbocycles. The van der Waals surface area contributed by atoms with Crippen molar-refractivity contribution in [2.45, 2.75) is 12.1 Å². The second-order valence-corrected chi connectivity index (χ2v) is 11.3. The minimum absolute atomic E-state index is 0. The van der Waals surface area contributed by atoms with Gasteiger partial charge in [0.1, 0.15) is 0 Å². The molecule has 1 aliphatic heterocycles. The van der Waals surface area contributed by atoms with Crippen LogP contribution in [-0.2, 0) is 23.2 Å². The van der Waals surface area contributed by atoms with Gasteiger partial charge in [-0.2, -0.15) is 0 Å². The average molecular weight is 501 g/mol. The SMILES string of the molecule is Brc1cccc2c1[CH]1[Zr+2][CH]3C=Cc4c(cccc43)SC1=C2.[Cl-].[Cl-]. The number of allylic oxidation sites excluding steroid dienone is 2. The van der Waals surface area contributed by atoms with Crippen LogP contribution in [0.4, 0.5) is 0 Å². The quantitative estimate of drug-likeness (QED) is 0.483. The molecule has 2 unspecified atom stereocenters. The van der Waals surface area contributed by atoms with E-state index in [1.165, 1.54) is 20.5 Å². The summed E-state index contributed by atoms with van der Waals surface area (Å²) in [5.74, 6) is 0. The number of hydrogen-bond donors (Lipinski definition) is 0. The van der Waals surface area contributed by atoms with E-state index in [2.05, 4.69) is 70.6 Å². The van der Waals surface area contributed by atoms with Crippen molar-refractivity contribution in [3.05, 3.63) is 74.1 Å². The topological polar surface area (TPSA) is 0 Å². The van der Waals surface area contributed by atoms with Crippen molar-refractivity contribution in [1.82, 2.24) is 0 Å². The van der Waals surface area contributed by atoms with Crippen LogP contribution in [0.1, 0.15) is 29.5 Å². The maximum atomic E-state index is 3.79. The van der Waals surface area contributed by atoms with Crippen LogP contribution in [0.15, 0.2) is 56.7 Å². The van der Waals surface area contributed by atoms with Crippen molar-refractivity contribution in [3.63, 3.8) is 0 Å². The monoisotopic (exact) mass is 498 g/mol. The summed E-state index contributed by atoms with van der Waals surface area (Å²) in [5, 5.41) is 0. The number of rotatable bonds is 0. The van der Waals surface area contributed by atoms with Gasteiger partial charge in [-0.15, -0.1) is 0 Å². The summed E-state index contributed by atoms with van der Waals surface area (Å²) in [6.07, 6.45) is 7.27.